The zero-order valence-electron chi connectivity index (χ0n) is 12.5. The normalized spacial score (nSPS) is 16.0. The first-order valence-corrected chi connectivity index (χ1v) is 9.57. The highest BCUT2D eigenvalue weighted by Gasteiger charge is 2.39. The number of nitrogens with zero attached hydrogens (tertiary/aromatic N) is 1. The zero-order valence-corrected chi connectivity index (χ0v) is 14.1. The molecular formula is C14H24N2O2S2. The topological polar surface area (TPSA) is 49.4 Å². The molecule has 0 aromatic carbocycles. The van der Waals surface area contributed by atoms with Crippen LogP contribution in [0.5, 0.6) is 0 Å². The predicted molar refractivity (Wildman–Crippen MR) is 83.6 cm³/mol. The molecule has 0 saturated heterocycles. The molecule has 1 N–H and O–H groups in total. The van der Waals surface area contributed by atoms with Crippen LogP contribution in [-0.4, -0.2) is 32.4 Å². The Balaban J connectivity index is 2.34. The van der Waals surface area contributed by atoms with Gasteiger partial charge in [0, 0.05) is 24.0 Å². The van der Waals surface area contributed by atoms with Gasteiger partial charge >= 0.3 is 0 Å². The third-order valence-corrected chi connectivity index (χ3v) is 7.00. The molecule has 1 aromatic rings. The third kappa shape index (κ3) is 3.24. The average Bonchev–Trinajstić information content (AvgIpc) is 3.14. The first-order valence-electron chi connectivity index (χ1n) is 7.25. The molecule has 0 unspecified atom stereocenters. The quantitative estimate of drug-likeness (QED) is 0.802. The van der Waals surface area contributed by atoms with Crippen molar-refractivity contribution in [1.82, 2.24) is 9.62 Å². The van der Waals surface area contributed by atoms with Crippen molar-refractivity contribution in [3.05, 3.63) is 15.8 Å². The summed E-state index contributed by atoms with van der Waals surface area (Å²) in [5.74, 6) is 0. The Morgan fingerprint density at radius 3 is 2.70 bits per heavy atom. The van der Waals surface area contributed by atoms with Crippen LogP contribution in [0, 0.1) is 6.92 Å². The molecule has 6 heteroatoms. The van der Waals surface area contributed by atoms with Crippen LogP contribution < -0.4 is 5.32 Å². The van der Waals surface area contributed by atoms with E-state index in [-0.39, 0.29) is 6.04 Å². The summed E-state index contributed by atoms with van der Waals surface area (Å²) in [6.07, 6.45) is 3.96. The van der Waals surface area contributed by atoms with Gasteiger partial charge in [-0.2, -0.15) is 4.31 Å². The lowest BCUT2D eigenvalue weighted by Crippen LogP contribution is -2.34. The highest BCUT2D eigenvalue weighted by molar-refractivity contribution is 7.89. The molecule has 0 atom stereocenters. The molecule has 114 valence electrons. The van der Waals surface area contributed by atoms with Crippen molar-refractivity contribution < 1.29 is 8.42 Å². The van der Waals surface area contributed by atoms with Gasteiger partial charge in [-0.3, -0.25) is 0 Å². The number of hydrogen-bond donors (Lipinski definition) is 1. The lowest BCUT2D eigenvalue weighted by Gasteiger charge is -2.22. The highest BCUT2D eigenvalue weighted by Crippen LogP contribution is 2.36. The predicted octanol–water partition coefficient (Wildman–Crippen LogP) is 2.73. The van der Waals surface area contributed by atoms with Crippen molar-refractivity contribution in [3.63, 3.8) is 0 Å². The van der Waals surface area contributed by atoms with Crippen LogP contribution in [0.2, 0.25) is 0 Å². The van der Waals surface area contributed by atoms with Crippen molar-refractivity contribution in [3.8, 4) is 0 Å². The van der Waals surface area contributed by atoms with E-state index in [2.05, 4.69) is 12.2 Å². The smallest absolute Gasteiger partial charge is 0.244 e. The van der Waals surface area contributed by atoms with Crippen LogP contribution in [-0.2, 0) is 16.6 Å². The van der Waals surface area contributed by atoms with Gasteiger partial charge in [0.2, 0.25) is 10.0 Å². The molecule has 1 aromatic heterocycles. The van der Waals surface area contributed by atoms with E-state index in [0.29, 0.717) is 18.0 Å². The van der Waals surface area contributed by atoms with Gasteiger partial charge in [0.15, 0.2) is 0 Å². The van der Waals surface area contributed by atoms with E-state index in [4.69, 9.17) is 0 Å². The Bertz CT molecular complexity index is 548. The van der Waals surface area contributed by atoms with Crippen molar-refractivity contribution in [1.29, 1.82) is 0 Å². The Morgan fingerprint density at radius 2 is 2.15 bits per heavy atom. The van der Waals surface area contributed by atoms with E-state index in [0.717, 1.165) is 36.1 Å². The van der Waals surface area contributed by atoms with Crippen molar-refractivity contribution >= 4 is 21.4 Å². The lowest BCUT2D eigenvalue weighted by atomic mass is 10.3. The fourth-order valence-electron chi connectivity index (χ4n) is 2.41. The molecule has 1 heterocycles. The summed E-state index contributed by atoms with van der Waals surface area (Å²) in [5.41, 5.74) is 0.877. The minimum Gasteiger partial charge on any atom is -0.315 e. The van der Waals surface area contributed by atoms with Gasteiger partial charge in [0.25, 0.3) is 0 Å². The maximum absolute atomic E-state index is 13.0. The summed E-state index contributed by atoms with van der Waals surface area (Å²) in [6, 6.07) is 0.230. The Kier molecular flexibility index (Phi) is 5.23. The average molecular weight is 316 g/mol. The van der Waals surface area contributed by atoms with Gasteiger partial charge in [0.1, 0.15) is 4.90 Å². The molecule has 0 radical (unpaired) electrons. The molecule has 0 aliphatic heterocycles. The van der Waals surface area contributed by atoms with E-state index >= 15 is 0 Å². The van der Waals surface area contributed by atoms with Crippen LogP contribution in [0.3, 0.4) is 0 Å². The third-order valence-electron chi connectivity index (χ3n) is 3.58. The summed E-state index contributed by atoms with van der Waals surface area (Å²) in [6.45, 7) is 5.25. The molecule has 0 spiro atoms. The number of hydrogen-bond acceptors (Lipinski definition) is 4. The monoisotopic (exact) mass is 316 g/mol. The highest BCUT2D eigenvalue weighted by atomic mass is 32.2. The summed E-state index contributed by atoms with van der Waals surface area (Å²) in [7, 11) is -1.50. The van der Waals surface area contributed by atoms with Gasteiger partial charge in [0.05, 0.1) is 0 Å². The van der Waals surface area contributed by atoms with Crippen molar-refractivity contribution in [2.45, 2.75) is 57.0 Å². The van der Waals surface area contributed by atoms with Crippen LogP contribution in [0.25, 0.3) is 0 Å². The van der Waals surface area contributed by atoms with Gasteiger partial charge in [-0.05, 0) is 44.2 Å². The van der Waals surface area contributed by atoms with Gasteiger partial charge in [-0.15, -0.1) is 11.3 Å². The van der Waals surface area contributed by atoms with Gasteiger partial charge in [-0.1, -0.05) is 13.3 Å². The number of sulfonamides is 1. The number of unbranched alkanes of at least 4 members (excludes halogenated alkanes) is 1. The second-order valence-corrected chi connectivity index (χ2v) is 8.19. The van der Waals surface area contributed by atoms with Crippen LogP contribution >= 0.6 is 11.3 Å². The molecule has 4 nitrogen and oxygen atoms in total. The molecular weight excluding hydrogens is 292 g/mol. The number of thiophene rings is 1. The SMILES string of the molecule is CCCCN(C1CC1)S(=O)(=O)c1c(C)csc1CNC. The Labute approximate surface area is 126 Å². The summed E-state index contributed by atoms with van der Waals surface area (Å²) < 4.78 is 27.7. The van der Waals surface area contributed by atoms with Crippen LogP contribution in [0.4, 0.5) is 0 Å². The molecule has 1 fully saturated rings. The molecule has 1 aliphatic rings. The minimum absolute atomic E-state index is 0.230. The second kappa shape index (κ2) is 6.56. The van der Waals surface area contributed by atoms with E-state index in [1.165, 1.54) is 11.3 Å². The summed E-state index contributed by atoms with van der Waals surface area (Å²) in [5, 5.41) is 5.01. The van der Waals surface area contributed by atoms with Crippen molar-refractivity contribution in [2.24, 2.45) is 0 Å². The number of nitrogens with one attached hydrogen (secondary N) is 1. The van der Waals surface area contributed by atoms with E-state index in [1.54, 1.807) is 4.31 Å². The minimum atomic E-state index is -3.35. The van der Waals surface area contributed by atoms with Gasteiger partial charge < -0.3 is 5.32 Å². The fraction of sp³-hybridized carbons (Fsp3) is 0.714. The lowest BCUT2D eigenvalue weighted by molar-refractivity contribution is 0.395. The Hall–Kier alpha value is -0.430. The standard InChI is InChI=1S/C14H24N2O2S2/c1-4-5-8-16(12-6-7-12)20(17,18)14-11(2)10-19-13(14)9-15-3/h10,12,15H,4-9H2,1-3H3. The number of aryl methyl sites for hydroxylation is 1. The van der Waals surface area contributed by atoms with Crippen molar-refractivity contribution in [2.75, 3.05) is 13.6 Å². The summed E-state index contributed by atoms with van der Waals surface area (Å²) >= 11 is 1.53. The zero-order chi connectivity index (χ0) is 14.8. The Morgan fingerprint density at radius 1 is 1.45 bits per heavy atom. The van der Waals surface area contributed by atoms with Crippen LogP contribution in [0.1, 0.15) is 43.0 Å². The second-order valence-electron chi connectivity index (χ2n) is 5.40. The molecule has 0 bridgehead atoms. The van der Waals surface area contributed by atoms with E-state index in [9.17, 15) is 8.42 Å². The molecule has 2 rings (SSSR count). The summed E-state index contributed by atoms with van der Waals surface area (Å²) in [4.78, 5) is 1.46. The molecule has 1 saturated carbocycles. The largest absolute Gasteiger partial charge is 0.315 e. The molecule has 1 aliphatic carbocycles. The first kappa shape index (κ1) is 15.9. The molecule has 20 heavy (non-hydrogen) atoms. The van der Waals surface area contributed by atoms with E-state index < -0.39 is 10.0 Å². The van der Waals surface area contributed by atoms with E-state index in [1.807, 2.05) is 19.4 Å². The van der Waals surface area contributed by atoms with Crippen LogP contribution in [0.15, 0.2) is 10.3 Å². The fourth-order valence-corrected chi connectivity index (χ4v) is 5.91. The van der Waals surface area contributed by atoms with Gasteiger partial charge in [-0.25, -0.2) is 8.42 Å². The maximum atomic E-state index is 13.0. The number of rotatable bonds is 8. The first-order chi connectivity index (χ1) is 9.52. The maximum Gasteiger partial charge on any atom is 0.244 e. The molecule has 0 amide bonds.